The monoisotopic (exact) mass is 487 g/mol. The highest BCUT2D eigenvalue weighted by molar-refractivity contribution is 6.42. The standard InChI is InChI=1S/C23H23Cl2N5O3/c1-3-29-19-7-5-4-6-17(19)26-20(29)13-28(2)21(31)11-10-18-22(32)30(23(33)27-18)14-8-9-15(24)16(25)12-14/h4-9,12,18H,3,10-11,13H2,1-2H3,(H,27,33). The molecule has 2 aromatic carbocycles. The molecule has 0 radical (unpaired) electrons. The summed E-state index contributed by atoms with van der Waals surface area (Å²) in [6.45, 7) is 3.13. The van der Waals surface area contributed by atoms with Crippen LogP contribution in [0, 0.1) is 0 Å². The number of hydrogen-bond acceptors (Lipinski definition) is 4. The fraction of sp³-hybridized carbons (Fsp3) is 0.304. The highest BCUT2D eigenvalue weighted by Gasteiger charge is 2.39. The molecule has 2 heterocycles. The number of carbonyl (C=O) groups is 3. The lowest BCUT2D eigenvalue weighted by Crippen LogP contribution is -2.33. The van der Waals surface area contributed by atoms with Crippen molar-refractivity contribution in [2.45, 2.75) is 38.9 Å². The van der Waals surface area contributed by atoms with Crippen LogP contribution in [0.2, 0.25) is 10.0 Å². The summed E-state index contributed by atoms with van der Waals surface area (Å²) in [5.41, 5.74) is 2.24. The highest BCUT2D eigenvalue weighted by Crippen LogP contribution is 2.29. The van der Waals surface area contributed by atoms with Crippen molar-refractivity contribution in [3.63, 3.8) is 0 Å². The van der Waals surface area contributed by atoms with Gasteiger partial charge in [-0.15, -0.1) is 0 Å². The molecule has 1 fully saturated rings. The Labute approximate surface area is 201 Å². The van der Waals surface area contributed by atoms with Crippen molar-refractivity contribution in [2.24, 2.45) is 0 Å². The van der Waals surface area contributed by atoms with Crippen LogP contribution in [0.1, 0.15) is 25.6 Å². The molecular formula is C23H23Cl2N5O3. The molecule has 1 aliphatic heterocycles. The lowest BCUT2D eigenvalue weighted by atomic mass is 10.1. The zero-order chi connectivity index (χ0) is 23.7. The summed E-state index contributed by atoms with van der Waals surface area (Å²) in [7, 11) is 1.71. The Morgan fingerprint density at radius 3 is 2.64 bits per heavy atom. The summed E-state index contributed by atoms with van der Waals surface area (Å²) < 4.78 is 2.08. The van der Waals surface area contributed by atoms with Crippen LogP contribution >= 0.6 is 23.2 Å². The second-order valence-corrected chi connectivity index (χ2v) is 8.64. The topological polar surface area (TPSA) is 87.5 Å². The van der Waals surface area contributed by atoms with Gasteiger partial charge in [0.1, 0.15) is 11.9 Å². The number of urea groups is 1. The number of nitrogens with one attached hydrogen (secondary N) is 1. The lowest BCUT2D eigenvalue weighted by molar-refractivity contribution is -0.130. The number of fused-ring (bicyclic) bond motifs is 1. The first-order valence-electron chi connectivity index (χ1n) is 10.6. The van der Waals surface area contributed by atoms with Gasteiger partial charge in [0.05, 0.1) is 33.3 Å². The van der Waals surface area contributed by atoms with E-state index in [1.165, 1.54) is 12.1 Å². The molecule has 8 nitrogen and oxygen atoms in total. The van der Waals surface area contributed by atoms with E-state index in [2.05, 4.69) is 14.9 Å². The molecule has 1 unspecified atom stereocenters. The molecule has 10 heteroatoms. The molecule has 1 saturated heterocycles. The van der Waals surface area contributed by atoms with E-state index in [1.54, 1.807) is 18.0 Å². The van der Waals surface area contributed by atoms with Crippen molar-refractivity contribution in [3.05, 3.63) is 58.3 Å². The molecule has 4 rings (SSSR count). The molecule has 0 saturated carbocycles. The van der Waals surface area contributed by atoms with Gasteiger partial charge in [-0.1, -0.05) is 35.3 Å². The number of halogens is 2. The number of aryl methyl sites for hydroxylation is 1. The number of amides is 4. The Balaban J connectivity index is 1.39. The molecular weight excluding hydrogens is 465 g/mol. The Bertz CT molecular complexity index is 1240. The summed E-state index contributed by atoms with van der Waals surface area (Å²) in [6.07, 6.45) is 0.296. The van der Waals surface area contributed by atoms with Gasteiger partial charge in [0.15, 0.2) is 0 Å². The molecule has 0 bridgehead atoms. The third-order valence-electron chi connectivity index (χ3n) is 5.68. The van der Waals surface area contributed by atoms with Gasteiger partial charge < -0.3 is 14.8 Å². The molecule has 0 spiro atoms. The highest BCUT2D eigenvalue weighted by atomic mass is 35.5. The van der Waals surface area contributed by atoms with Crippen LogP contribution in [0.15, 0.2) is 42.5 Å². The fourth-order valence-corrected chi connectivity index (χ4v) is 4.25. The molecule has 1 N–H and O–H groups in total. The van der Waals surface area contributed by atoms with Crippen molar-refractivity contribution >= 4 is 57.8 Å². The minimum atomic E-state index is -0.787. The van der Waals surface area contributed by atoms with Crippen LogP contribution in [0.4, 0.5) is 10.5 Å². The minimum absolute atomic E-state index is 0.106. The predicted molar refractivity (Wildman–Crippen MR) is 127 cm³/mol. The van der Waals surface area contributed by atoms with Crippen LogP contribution < -0.4 is 10.2 Å². The molecule has 3 aromatic rings. The Morgan fingerprint density at radius 2 is 1.91 bits per heavy atom. The van der Waals surface area contributed by atoms with Crippen LogP contribution in [0.3, 0.4) is 0 Å². The van der Waals surface area contributed by atoms with Gasteiger partial charge in [-0.25, -0.2) is 14.7 Å². The number of nitrogens with zero attached hydrogens (tertiary/aromatic N) is 4. The number of imide groups is 1. The van der Waals surface area contributed by atoms with E-state index in [4.69, 9.17) is 23.2 Å². The molecule has 1 aromatic heterocycles. The maximum absolute atomic E-state index is 12.8. The summed E-state index contributed by atoms with van der Waals surface area (Å²) in [5, 5.41) is 3.21. The Kier molecular flexibility index (Phi) is 6.58. The smallest absolute Gasteiger partial charge is 0.329 e. The fourth-order valence-electron chi connectivity index (χ4n) is 3.95. The lowest BCUT2D eigenvalue weighted by Gasteiger charge is -2.18. The average molecular weight is 488 g/mol. The van der Waals surface area contributed by atoms with E-state index < -0.39 is 18.0 Å². The van der Waals surface area contributed by atoms with Crippen LogP contribution in [-0.2, 0) is 22.7 Å². The van der Waals surface area contributed by atoms with E-state index >= 15 is 0 Å². The summed E-state index contributed by atoms with van der Waals surface area (Å²) in [4.78, 5) is 45.2. The quantitative estimate of drug-likeness (QED) is 0.505. The number of anilines is 1. The van der Waals surface area contributed by atoms with Gasteiger partial charge in [-0.3, -0.25) is 9.59 Å². The van der Waals surface area contributed by atoms with Gasteiger partial charge in [0, 0.05) is 20.0 Å². The van der Waals surface area contributed by atoms with Crippen molar-refractivity contribution in [1.82, 2.24) is 19.8 Å². The predicted octanol–water partition coefficient (Wildman–Crippen LogP) is 4.23. The third-order valence-corrected chi connectivity index (χ3v) is 6.42. The third kappa shape index (κ3) is 4.54. The maximum atomic E-state index is 12.8. The van der Waals surface area contributed by atoms with E-state index in [-0.39, 0.29) is 23.8 Å². The average Bonchev–Trinajstić information content (AvgIpc) is 3.29. The SMILES string of the molecule is CCn1c(CN(C)C(=O)CCC2NC(=O)N(c3ccc(Cl)c(Cl)c3)C2=O)nc2ccccc21. The van der Waals surface area contributed by atoms with Crippen molar-refractivity contribution in [1.29, 1.82) is 0 Å². The maximum Gasteiger partial charge on any atom is 0.329 e. The Hall–Kier alpha value is -3.10. The number of aromatic nitrogens is 2. The van der Waals surface area contributed by atoms with Gasteiger partial charge >= 0.3 is 6.03 Å². The van der Waals surface area contributed by atoms with Crippen LogP contribution in [-0.4, -0.2) is 45.4 Å². The first-order valence-corrected chi connectivity index (χ1v) is 11.3. The molecule has 4 amide bonds. The van der Waals surface area contributed by atoms with Crippen molar-refractivity contribution in [2.75, 3.05) is 11.9 Å². The summed E-state index contributed by atoms with van der Waals surface area (Å²) in [5.74, 6) is 0.229. The first-order chi connectivity index (χ1) is 15.8. The van der Waals surface area contributed by atoms with Gasteiger partial charge in [-0.05, 0) is 43.7 Å². The molecule has 33 heavy (non-hydrogen) atoms. The molecule has 1 aliphatic rings. The molecule has 172 valence electrons. The number of rotatable bonds is 7. The minimum Gasteiger partial charge on any atom is -0.338 e. The second kappa shape index (κ2) is 9.41. The van der Waals surface area contributed by atoms with E-state index in [1.807, 2.05) is 31.2 Å². The Morgan fingerprint density at radius 1 is 1.15 bits per heavy atom. The summed E-state index contributed by atoms with van der Waals surface area (Å²) in [6, 6.07) is 11.0. The molecule has 1 atom stereocenters. The van der Waals surface area contributed by atoms with Crippen molar-refractivity contribution in [3.8, 4) is 0 Å². The van der Waals surface area contributed by atoms with Gasteiger partial charge in [-0.2, -0.15) is 0 Å². The number of benzene rings is 2. The largest absolute Gasteiger partial charge is 0.338 e. The summed E-state index contributed by atoms with van der Waals surface area (Å²) >= 11 is 11.9. The van der Waals surface area contributed by atoms with E-state index in [0.717, 1.165) is 28.3 Å². The van der Waals surface area contributed by atoms with Gasteiger partial charge in [0.2, 0.25) is 5.91 Å². The normalized spacial score (nSPS) is 15.9. The number of para-hydroxylation sites is 2. The zero-order valence-electron chi connectivity index (χ0n) is 18.2. The number of hydrogen-bond donors (Lipinski definition) is 1. The molecule has 0 aliphatic carbocycles. The second-order valence-electron chi connectivity index (χ2n) is 7.82. The number of imidazole rings is 1. The van der Waals surface area contributed by atoms with E-state index in [9.17, 15) is 14.4 Å². The van der Waals surface area contributed by atoms with Gasteiger partial charge in [0.25, 0.3) is 5.91 Å². The zero-order valence-corrected chi connectivity index (χ0v) is 19.7. The van der Waals surface area contributed by atoms with Crippen LogP contribution in [0.25, 0.3) is 11.0 Å². The van der Waals surface area contributed by atoms with Crippen molar-refractivity contribution < 1.29 is 14.4 Å². The van der Waals surface area contributed by atoms with E-state index in [0.29, 0.717) is 17.3 Å². The number of carbonyl (C=O) groups excluding carboxylic acids is 3. The first kappa shape index (κ1) is 23.1. The van der Waals surface area contributed by atoms with Crippen LogP contribution in [0.5, 0.6) is 0 Å².